The SMILES string of the molecule is Cc1cc(C)c2c(c1)c(CC1CCNCC1)c(C)n2C. The lowest BCUT2D eigenvalue weighted by atomic mass is 9.89. The summed E-state index contributed by atoms with van der Waals surface area (Å²) in [6.07, 6.45) is 3.88. The van der Waals surface area contributed by atoms with Gasteiger partial charge in [-0.05, 0) is 76.2 Å². The third-order valence-corrected chi connectivity index (χ3v) is 5.00. The maximum absolute atomic E-state index is 3.47. The molecule has 1 saturated heterocycles. The number of hydrogen-bond acceptors (Lipinski definition) is 1. The van der Waals surface area contributed by atoms with E-state index in [4.69, 9.17) is 0 Å². The Morgan fingerprint density at radius 2 is 1.85 bits per heavy atom. The Balaban J connectivity index is 2.07. The Labute approximate surface area is 122 Å². The van der Waals surface area contributed by atoms with Gasteiger partial charge in [0.05, 0.1) is 5.52 Å². The quantitative estimate of drug-likeness (QED) is 0.881. The van der Waals surface area contributed by atoms with Crippen molar-refractivity contribution in [1.82, 2.24) is 9.88 Å². The van der Waals surface area contributed by atoms with Gasteiger partial charge in [-0.1, -0.05) is 11.6 Å². The highest BCUT2D eigenvalue weighted by Gasteiger charge is 2.19. The van der Waals surface area contributed by atoms with Crippen molar-refractivity contribution in [1.29, 1.82) is 0 Å². The van der Waals surface area contributed by atoms with Crippen LogP contribution in [0.25, 0.3) is 10.9 Å². The van der Waals surface area contributed by atoms with Crippen LogP contribution in [0.15, 0.2) is 12.1 Å². The predicted molar refractivity (Wildman–Crippen MR) is 86.4 cm³/mol. The molecule has 0 saturated carbocycles. The fourth-order valence-corrected chi connectivity index (χ4v) is 3.83. The molecule has 0 radical (unpaired) electrons. The van der Waals surface area contributed by atoms with Gasteiger partial charge in [0.2, 0.25) is 0 Å². The topological polar surface area (TPSA) is 17.0 Å². The van der Waals surface area contributed by atoms with E-state index in [9.17, 15) is 0 Å². The first-order valence-corrected chi connectivity index (χ1v) is 7.83. The lowest BCUT2D eigenvalue weighted by Crippen LogP contribution is -2.28. The van der Waals surface area contributed by atoms with E-state index >= 15 is 0 Å². The molecule has 20 heavy (non-hydrogen) atoms. The van der Waals surface area contributed by atoms with Crippen LogP contribution in [0.4, 0.5) is 0 Å². The van der Waals surface area contributed by atoms with Crippen molar-refractivity contribution in [2.45, 2.75) is 40.0 Å². The molecule has 0 amide bonds. The van der Waals surface area contributed by atoms with Gasteiger partial charge in [-0.15, -0.1) is 0 Å². The lowest BCUT2D eigenvalue weighted by Gasteiger charge is -2.22. The van der Waals surface area contributed by atoms with Crippen molar-refractivity contribution in [3.05, 3.63) is 34.5 Å². The van der Waals surface area contributed by atoms with Gasteiger partial charge in [-0.25, -0.2) is 0 Å². The van der Waals surface area contributed by atoms with E-state index in [1.165, 1.54) is 60.1 Å². The number of nitrogens with zero attached hydrogens (tertiary/aromatic N) is 1. The van der Waals surface area contributed by atoms with E-state index in [1.807, 2.05) is 0 Å². The van der Waals surface area contributed by atoms with Crippen LogP contribution in [0.1, 0.15) is 35.2 Å². The Kier molecular flexibility index (Phi) is 3.59. The van der Waals surface area contributed by atoms with Crippen LogP contribution in [-0.4, -0.2) is 17.7 Å². The van der Waals surface area contributed by atoms with Crippen LogP contribution in [0.3, 0.4) is 0 Å². The van der Waals surface area contributed by atoms with Crippen molar-refractivity contribution in [3.63, 3.8) is 0 Å². The smallest absolute Gasteiger partial charge is 0.0512 e. The maximum atomic E-state index is 3.47. The molecule has 1 aromatic heterocycles. The first kappa shape index (κ1) is 13.7. The molecule has 1 aliphatic rings. The average molecular weight is 270 g/mol. The summed E-state index contributed by atoms with van der Waals surface area (Å²) in [6.45, 7) is 9.11. The Morgan fingerprint density at radius 1 is 1.15 bits per heavy atom. The summed E-state index contributed by atoms with van der Waals surface area (Å²) in [4.78, 5) is 0. The summed E-state index contributed by atoms with van der Waals surface area (Å²) in [5, 5.41) is 4.96. The highest BCUT2D eigenvalue weighted by molar-refractivity contribution is 5.88. The van der Waals surface area contributed by atoms with E-state index in [1.54, 1.807) is 5.56 Å². The van der Waals surface area contributed by atoms with Crippen LogP contribution in [0.2, 0.25) is 0 Å². The second kappa shape index (κ2) is 5.25. The van der Waals surface area contributed by atoms with Crippen molar-refractivity contribution >= 4 is 10.9 Å². The molecular weight excluding hydrogens is 244 g/mol. The summed E-state index contributed by atoms with van der Waals surface area (Å²) in [7, 11) is 2.21. The highest BCUT2D eigenvalue weighted by Crippen LogP contribution is 2.32. The van der Waals surface area contributed by atoms with Crippen LogP contribution in [0.5, 0.6) is 0 Å². The van der Waals surface area contributed by atoms with Gasteiger partial charge in [-0.3, -0.25) is 0 Å². The first-order valence-electron chi connectivity index (χ1n) is 7.83. The molecule has 1 N–H and O–H groups in total. The second-order valence-corrected chi connectivity index (χ2v) is 6.50. The molecule has 2 heteroatoms. The Morgan fingerprint density at radius 3 is 2.55 bits per heavy atom. The minimum atomic E-state index is 0.848. The fourth-order valence-electron chi connectivity index (χ4n) is 3.83. The van der Waals surface area contributed by atoms with Gasteiger partial charge in [-0.2, -0.15) is 0 Å². The standard InChI is InChI=1S/C18H26N2/c1-12-9-13(2)18-17(10-12)16(14(3)20(18)4)11-15-5-7-19-8-6-15/h9-10,15,19H,5-8,11H2,1-4H3. The molecule has 2 aromatic rings. The largest absolute Gasteiger partial charge is 0.347 e. The van der Waals surface area contributed by atoms with E-state index in [0.717, 1.165) is 5.92 Å². The van der Waals surface area contributed by atoms with Crippen molar-refractivity contribution in [3.8, 4) is 0 Å². The van der Waals surface area contributed by atoms with E-state index < -0.39 is 0 Å². The van der Waals surface area contributed by atoms with Crippen molar-refractivity contribution in [2.24, 2.45) is 13.0 Å². The molecule has 1 aromatic carbocycles. The highest BCUT2D eigenvalue weighted by atomic mass is 14.9. The molecule has 2 nitrogen and oxygen atoms in total. The summed E-state index contributed by atoms with van der Waals surface area (Å²) < 4.78 is 2.39. The van der Waals surface area contributed by atoms with Gasteiger partial charge in [0.25, 0.3) is 0 Å². The number of rotatable bonds is 2. The molecule has 0 atom stereocenters. The lowest BCUT2D eigenvalue weighted by molar-refractivity contribution is 0.373. The number of aromatic nitrogens is 1. The third kappa shape index (κ3) is 2.26. The number of nitrogens with one attached hydrogen (secondary N) is 1. The summed E-state index contributed by atoms with van der Waals surface area (Å²) in [5.41, 5.74) is 7.25. The molecule has 1 aliphatic heterocycles. The molecule has 0 aliphatic carbocycles. The average Bonchev–Trinajstić information content (AvgIpc) is 2.65. The zero-order valence-electron chi connectivity index (χ0n) is 13.2. The summed E-state index contributed by atoms with van der Waals surface area (Å²) in [5.74, 6) is 0.848. The zero-order chi connectivity index (χ0) is 14.3. The zero-order valence-corrected chi connectivity index (χ0v) is 13.2. The summed E-state index contributed by atoms with van der Waals surface area (Å²) in [6, 6.07) is 4.68. The number of benzene rings is 1. The van der Waals surface area contributed by atoms with Gasteiger partial charge in [0.1, 0.15) is 0 Å². The van der Waals surface area contributed by atoms with Crippen LogP contribution < -0.4 is 5.32 Å². The summed E-state index contributed by atoms with van der Waals surface area (Å²) >= 11 is 0. The minimum Gasteiger partial charge on any atom is -0.347 e. The van der Waals surface area contributed by atoms with Crippen molar-refractivity contribution in [2.75, 3.05) is 13.1 Å². The molecule has 108 valence electrons. The number of hydrogen-bond donors (Lipinski definition) is 1. The molecule has 0 unspecified atom stereocenters. The van der Waals surface area contributed by atoms with Crippen molar-refractivity contribution < 1.29 is 0 Å². The maximum Gasteiger partial charge on any atom is 0.0512 e. The van der Waals surface area contributed by atoms with E-state index in [-0.39, 0.29) is 0 Å². The van der Waals surface area contributed by atoms with Crippen LogP contribution in [0, 0.1) is 26.7 Å². The number of aryl methyl sites for hydroxylation is 3. The predicted octanol–water partition coefficient (Wildman–Crippen LogP) is 3.65. The minimum absolute atomic E-state index is 0.848. The van der Waals surface area contributed by atoms with E-state index in [2.05, 4.69) is 49.8 Å². The molecule has 0 spiro atoms. The van der Waals surface area contributed by atoms with Gasteiger partial charge < -0.3 is 9.88 Å². The second-order valence-electron chi connectivity index (χ2n) is 6.50. The normalized spacial score (nSPS) is 17.0. The number of fused-ring (bicyclic) bond motifs is 1. The monoisotopic (exact) mass is 270 g/mol. The van der Waals surface area contributed by atoms with E-state index in [0.29, 0.717) is 0 Å². The Hall–Kier alpha value is -1.28. The molecule has 2 heterocycles. The van der Waals surface area contributed by atoms with Gasteiger partial charge in [0, 0.05) is 18.1 Å². The molecule has 1 fully saturated rings. The number of piperidine rings is 1. The van der Waals surface area contributed by atoms with Crippen LogP contribution >= 0.6 is 0 Å². The van der Waals surface area contributed by atoms with Gasteiger partial charge in [0.15, 0.2) is 0 Å². The molecule has 0 bridgehead atoms. The first-order chi connectivity index (χ1) is 9.58. The molecule has 3 rings (SSSR count). The third-order valence-electron chi connectivity index (χ3n) is 5.00. The van der Waals surface area contributed by atoms with Gasteiger partial charge >= 0.3 is 0 Å². The molecular formula is C18H26N2. The van der Waals surface area contributed by atoms with Crippen LogP contribution in [-0.2, 0) is 13.5 Å². The fraction of sp³-hybridized carbons (Fsp3) is 0.556. The Bertz CT molecular complexity index is 631.